The third-order valence-corrected chi connectivity index (χ3v) is 5.48. The van der Waals surface area contributed by atoms with Crippen molar-refractivity contribution in [1.82, 2.24) is 0 Å². The molecule has 25 heavy (non-hydrogen) atoms. The van der Waals surface area contributed by atoms with Crippen LogP contribution in [0, 0.1) is 18.8 Å². The Bertz CT molecular complexity index is 717. The maximum absolute atomic E-state index is 12.1. The molecule has 2 N–H and O–H groups in total. The number of aryl methyl sites for hydroxylation is 1. The van der Waals surface area contributed by atoms with Crippen molar-refractivity contribution in [3.05, 3.63) is 34.9 Å². The van der Waals surface area contributed by atoms with Crippen LogP contribution in [0.2, 0.25) is 0 Å². The average Bonchev–Trinajstić information content (AvgIpc) is 3.14. The van der Waals surface area contributed by atoms with E-state index in [2.05, 4.69) is 9.78 Å². The number of rotatable bonds is 3. The second-order valence-electron chi connectivity index (χ2n) is 6.84. The summed E-state index contributed by atoms with van der Waals surface area (Å²) in [5, 5.41) is 18.0. The second kappa shape index (κ2) is 6.15. The maximum Gasteiger partial charge on any atom is 0.321 e. The van der Waals surface area contributed by atoms with Crippen LogP contribution in [0.5, 0.6) is 0 Å². The first kappa shape index (κ1) is 16.6. The van der Waals surface area contributed by atoms with Crippen LogP contribution in [0.15, 0.2) is 18.2 Å². The van der Waals surface area contributed by atoms with E-state index in [1.165, 1.54) is 0 Å². The normalized spacial score (nSPS) is 36.9. The molecule has 6 unspecified atom stereocenters. The van der Waals surface area contributed by atoms with E-state index >= 15 is 0 Å². The van der Waals surface area contributed by atoms with Gasteiger partial charge in [-0.15, -0.1) is 0 Å². The third kappa shape index (κ3) is 2.57. The van der Waals surface area contributed by atoms with E-state index in [0.29, 0.717) is 6.42 Å². The molecule has 1 aliphatic carbocycles. The third-order valence-electron chi connectivity index (χ3n) is 5.48. The zero-order chi connectivity index (χ0) is 17.7. The molecule has 3 aliphatic rings. The van der Waals surface area contributed by atoms with Gasteiger partial charge in [-0.25, -0.2) is 20.3 Å². The summed E-state index contributed by atoms with van der Waals surface area (Å²) in [7, 11) is 0. The van der Waals surface area contributed by atoms with Crippen molar-refractivity contribution in [1.29, 1.82) is 0 Å². The first-order chi connectivity index (χ1) is 12.0. The molecule has 0 radical (unpaired) electrons. The molecule has 1 aromatic rings. The van der Waals surface area contributed by atoms with E-state index in [4.69, 9.17) is 20.0 Å². The number of benzene rings is 1. The molecule has 2 fully saturated rings. The second-order valence-corrected chi connectivity index (χ2v) is 6.84. The molecule has 0 bridgehead atoms. The molecular formula is C17H18O8. The van der Waals surface area contributed by atoms with Crippen molar-refractivity contribution in [3.8, 4) is 0 Å². The van der Waals surface area contributed by atoms with Crippen LogP contribution in [0.4, 0.5) is 0 Å². The summed E-state index contributed by atoms with van der Waals surface area (Å²) < 4.78 is 10.1. The molecule has 0 saturated carbocycles. The van der Waals surface area contributed by atoms with Crippen LogP contribution < -0.4 is 0 Å². The van der Waals surface area contributed by atoms with E-state index < -0.39 is 36.4 Å². The molecule has 2 saturated heterocycles. The van der Waals surface area contributed by atoms with Gasteiger partial charge in [-0.2, -0.15) is 0 Å². The zero-order valence-electron chi connectivity index (χ0n) is 13.5. The fraction of sp³-hybridized carbons (Fsp3) is 0.529. The van der Waals surface area contributed by atoms with Crippen molar-refractivity contribution in [3.63, 3.8) is 0 Å². The Hall–Kier alpha value is -1.84. The zero-order valence-corrected chi connectivity index (χ0v) is 13.5. The Labute approximate surface area is 143 Å². The molecule has 1 aromatic carbocycles. The lowest BCUT2D eigenvalue weighted by molar-refractivity contribution is -0.398. The van der Waals surface area contributed by atoms with Gasteiger partial charge in [0.25, 0.3) is 0 Å². The molecule has 6 atom stereocenters. The number of hydrogen-bond donors (Lipinski definition) is 2. The van der Waals surface area contributed by atoms with Crippen LogP contribution in [-0.4, -0.2) is 35.0 Å². The van der Waals surface area contributed by atoms with Crippen LogP contribution in [0.25, 0.3) is 0 Å². The minimum atomic E-state index is -1.000. The van der Waals surface area contributed by atoms with Crippen LogP contribution in [0.1, 0.15) is 41.4 Å². The molecule has 2 heterocycles. The summed E-state index contributed by atoms with van der Waals surface area (Å²) >= 11 is 0. The number of carbonyl (C=O) groups excluding carboxylic acids is 2. The molecule has 2 aliphatic heterocycles. The van der Waals surface area contributed by atoms with Crippen molar-refractivity contribution >= 4 is 11.9 Å². The average molecular weight is 350 g/mol. The smallest absolute Gasteiger partial charge is 0.321 e. The molecular weight excluding hydrogens is 332 g/mol. The highest BCUT2D eigenvalue weighted by molar-refractivity contribution is 6.00. The highest BCUT2D eigenvalue weighted by atomic mass is 17.2. The summed E-state index contributed by atoms with van der Waals surface area (Å²) in [5.74, 6) is -2.78. The summed E-state index contributed by atoms with van der Waals surface area (Å²) in [6.45, 7) is 1.94. The molecule has 0 amide bonds. The van der Waals surface area contributed by atoms with Gasteiger partial charge >= 0.3 is 11.9 Å². The van der Waals surface area contributed by atoms with Crippen molar-refractivity contribution in [2.45, 2.75) is 44.2 Å². The first-order valence-corrected chi connectivity index (χ1v) is 8.15. The van der Waals surface area contributed by atoms with Crippen molar-refractivity contribution in [2.24, 2.45) is 11.8 Å². The molecule has 0 aromatic heterocycles. The minimum absolute atomic E-state index is 0.216. The molecule has 8 heteroatoms. The Balaban J connectivity index is 1.77. The van der Waals surface area contributed by atoms with E-state index in [0.717, 1.165) is 16.7 Å². The predicted octanol–water partition coefficient (Wildman–Crippen LogP) is 1.93. The fourth-order valence-electron chi connectivity index (χ4n) is 4.38. The number of cyclic esters (lactones) is 2. The Kier molecular flexibility index (Phi) is 4.09. The van der Waals surface area contributed by atoms with Gasteiger partial charge in [0, 0.05) is 12.3 Å². The Morgan fingerprint density at radius 2 is 1.84 bits per heavy atom. The van der Waals surface area contributed by atoms with E-state index in [9.17, 15) is 9.59 Å². The van der Waals surface area contributed by atoms with Crippen LogP contribution in [-0.2, 0) is 28.8 Å². The maximum atomic E-state index is 12.1. The highest BCUT2D eigenvalue weighted by Gasteiger charge is 2.54. The lowest BCUT2D eigenvalue weighted by Crippen LogP contribution is -2.33. The van der Waals surface area contributed by atoms with E-state index in [1.807, 2.05) is 25.1 Å². The van der Waals surface area contributed by atoms with Gasteiger partial charge in [0.05, 0.1) is 11.8 Å². The van der Waals surface area contributed by atoms with Crippen molar-refractivity contribution in [2.75, 3.05) is 0 Å². The number of ether oxygens (including phenoxy) is 2. The number of esters is 2. The van der Waals surface area contributed by atoms with Crippen molar-refractivity contribution < 1.29 is 39.4 Å². The van der Waals surface area contributed by atoms with Gasteiger partial charge in [-0.1, -0.05) is 23.8 Å². The molecule has 8 nitrogen and oxygen atoms in total. The van der Waals surface area contributed by atoms with Gasteiger partial charge < -0.3 is 9.47 Å². The summed E-state index contributed by atoms with van der Waals surface area (Å²) in [5.41, 5.74) is 2.67. The van der Waals surface area contributed by atoms with E-state index in [-0.39, 0.29) is 18.3 Å². The van der Waals surface area contributed by atoms with Crippen LogP contribution in [0.3, 0.4) is 0 Å². The highest BCUT2D eigenvalue weighted by Crippen LogP contribution is 2.52. The predicted molar refractivity (Wildman–Crippen MR) is 80.1 cm³/mol. The number of fused-ring (bicyclic) bond motifs is 3. The number of hydrogen-bond acceptors (Lipinski definition) is 8. The van der Waals surface area contributed by atoms with Gasteiger partial charge in [0.1, 0.15) is 0 Å². The lowest BCUT2D eigenvalue weighted by atomic mass is 9.66. The topological polar surface area (TPSA) is 112 Å². The monoisotopic (exact) mass is 350 g/mol. The summed E-state index contributed by atoms with van der Waals surface area (Å²) in [4.78, 5) is 32.9. The molecule has 0 spiro atoms. The standard InChI is InChI=1S/C17H18O8/c1-7-2-3-8-9(4-7)10(5-12-14(8)16(19)23-15(12)18)11-6-13(24-20)22-17(11)25-21/h2-4,10-14,17,20-21H,5-6H2,1H3. The molecule has 134 valence electrons. The largest absolute Gasteiger partial charge is 0.392 e. The van der Waals surface area contributed by atoms with Gasteiger partial charge in [-0.05, 0) is 30.4 Å². The van der Waals surface area contributed by atoms with E-state index in [1.54, 1.807) is 0 Å². The fourth-order valence-corrected chi connectivity index (χ4v) is 4.38. The lowest BCUT2D eigenvalue weighted by Gasteiger charge is -2.35. The molecule has 4 rings (SSSR count). The van der Waals surface area contributed by atoms with Crippen LogP contribution >= 0.6 is 0 Å². The first-order valence-electron chi connectivity index (χ1n) is 8.15. The summed E-state index contributed by atoms with van der Waals surface area (Å²) in [6, 6.07) is 5.70. The SMILES string of the molecule is Cc1ccc2c(c1)C(C1CC(OO)OC1OO)CC1C(=O)OC(=O)C21. The Morgan fingerprint density at radius 1 is 1.04 bits per heavy atom. The van der Waals surface area contributed by atoms with Gasteiger partial charge in [0.15, 0.2) is 12.6 Å². The van der Waals surface area contributed by atoms with Gasteiger partial charge in [-0.3, -0.25) is 9.59 Å². The Morgan fingerprint density at radius 3 is 2.56 bits per heavy atom. The minimum Gasteiger partial charge on any atom is -0.392 e. The summed E-state index contributed by atoms with van der Waals surface area (Å²) in [6.07, 6.45) is -1.27. The quantitative estimate of drug-likeness (QED) is 0.368. The number of carbonyl (C=O) groups is 2. The van der Waals surface area contributed by atoms with Gasteiger partial charge in [0.2, 0.25) is 0 Å².